The van der Waals surface area contributed by atoms with Crippen LogP contribution in [0.2, 0.25) is 0 Å². The molecule has 8 nitrogen and oxygen atoms in total. The van der Waals surface area contributed by atoms with Gasteiger partial charge in [0, 0.05) is 37.9 Å². The Morgan fingerprint density at radius 2 is 1.85 bits per heavy atom. The molecule has 2 aliphatic rings. The number of amides is 4. The maximum atomic E-state index is 13.5. The van der Waals surface area contributed by atoms with Gasteiger partial charge in [-0.1, -0.05) is 37.6 Å². The summed E-state index contributed by atoms with van der Waals surface area (Å²) in [4.78, 5) is 46.4. The van der Waals surface area contributed by atoms with E-state index in [1.165, 1.54) is 4.90 Å². The van der Waals surface area contributed by atoms with Gasteiger partial charge in [-0.25, -0.2) is 4.79 Å². The van der Waals surface area contributed by atoms with Crippen LogP contribution in [-0.2, 0) is 16.0 Å². The number of piperidine rings is 1. The molecule has 1 aromatic heterocycles. The maximum absolute atomic E-state index is 13.5. The van der Waals surface area contributed by atoms with Crippen LogP contribution < -0.4 is 10.1 Å². The van der Waals surface area contributed by atoms with Crippen molar-refractivity contribution in [1.29, 1.82) is 0 Å². The number of likely N-dealkylation sites (tertiary alicyclic amines) is 1. The summed E-state index contributed by atoms with van der Waals surface area (Å²) in [6, 6.07) is 14.6. The highest BCUT2D eigenvalue weighted by atomic mass is 16.5. The summed E-state index contributed by atoms with van der Waals surface area (Å²) in [7, 11) is 0. The standard InChI is InChI=1S/C26H32N4O4/c1-2-14-26(24(32)30(25(33)28-26)18-13-21-8-6-7-15-27-21)20-11-16-29(17-12-20)23(31)19-34-22-9-4-3-5-10-22/h3-10,15,20H,2,11-14,16-19H2,1H3,(H,28,33). The number of rotatable bonds is 9. The van der Waals surface area contributed by atoms with Gasteiger partial charge in [-0.05, 0) is 49.4 Å². The number of carbonyl (C=O) groups is 3. The Labute approximate surface area is 200 Å². The minimum atomic E-state index is -0.897. The van der Waals surface area contributed by atoms with Crippen molar-refractivity contribution >= 4 is 17.8 Å². The van der Waals surface area contributed by atoms with Gasteiger partial charge in [-0.3, -0.25) is 19.5 Å². The van der Waals surface area contributed by atoms with Crippen molar-refractivity contribution in [2.75, 3.05) is 26.2 Å². The number of benzene rings is 1. The number of nitrogens with zero attached hydrogens (tertiary/aromatic N) is 3. The van der Waals surface area contributed by atoms with Crippen LogP contribution in [-0.4, -0.2) is 64.4 Å². The maximum Gasteiger partial charge on any atom is 0.325 e. The molecule has 4 amide bonds. The Morgan fingerprint density at radius 1 is 1.12 bits per heavy atom. The summed E-state index contributed by atoms with van der Waals surface area (Å²) < 4.78 is 5.60. The predicted octanol–water partition coefficient (Wildman–Crippen LogP) is 3.03. The van der Waals surface area contributed by atoms with E-state index in [1.807, 2.05) is 55.5 Å². The Kier molecular flexibility index (Phi) is 7.45. The van der Waals surface area contributed by atoms with E-state index in [0.29, 0.717) is 51.1 Å². The van der Waals surface area contributed by atoms with Crippen molar-refractivity contribution in [2.45, 2.75) is 44.6 Å². The van der Waals surface area contributed by atoms with Crippen LogP contribution in [0.25, 0.3) is 0 Å². The number of imide groups is 1. The summed E-state index contributed by atoms with van der Waals surface area (Å²) in [6.07, 6.45) is 4.94. The molecule has 0 radical (unpaired) electrons. The molecule has 0 bridgehead atoms. The van der Waals surface area contributed by atoms with E-state index < -0.39 is 5.54 Å². The zero-order valence-electron chi connectivity index (χ0n) is 19.6. The van der Waals surface area contributed by atoms with Gasteiger partial charge in [0.05, 0.1) is 0 Å². The second kappa shape index (κ2) is 10.7. The first kappa shape index (κ1) is 23.7. The number of hydrogen-bond donors (Lipinski definition) is 1. The third-order valence-electron chi connectivity index (χ3n) is 6.81. The molecule has 0 spiro atoms. The van der Waals surface area contributed by atoms with Crippen LogP contribution in [0.1, 0.15) is 38.3 Å². The molecule has 0 saturated carbocycles. The zero-order chi connectivity index (χ0) is 24.0. The number of para-hydroxylation sites is 1. The van der Waals surface area contributed by atoms with Crippen LogP contribution in [0.5, 0.6) is 5.75 Å². The Hall–Kier alpha value is -3.42. The van der Waals surface area contributed by atoms with E-state index in [4.69, 9.17) is 4.74 Å². The van der Waals surface area contributed by atoms with Gasteiger partial charge >= 0.3 is 6.03 Å². The first-order valence-electron chi connectivity index (χ1n) is 12.0. The predicted molar refractivity (Wildman–Crippen MR) is 127 cm³/mol. The summed E-state index contributed by atoms with van der Waals surface area (Å²) in [5.74, 6) is 0.443. The highest BCUT2D eigenvalue weighted by Crippen LogP contribution is 2.37. The fourth-order valence-electron chi connectivity index (χ4n) is 5.04. The number of nitrogens with one attached hydrogen (secondary N) is 1. The van der Waals surface area contributed by atoms with E-state index in [-0.39, 0.29) is 30.4 Å². The van der Waals surface area contributed by atoms with Gasteiger partial charge in [0.25, 0.3) is 11.8 Å². The lowest BCUT2D eigenvalue weighted by atomic mass is 9.74. The number of hydrogen-bond acceptors (Lipinski definition) is 5. The second-order valence-electron chi connectivity index (χ2n) is 8.94. The fourth-order valence-corrected chi connectivity index (χ4v) is 5.04. The zero-order valence-corrected chi connectivity index (χ0v) is 19.6. The van der Waals surface area contributed by atoms with E-state index in [1.54, 1.807) is 11.1 Å². The molecular formula is C26H32N4O4. The Morgan fingerprint density at radius 3 is 2.53 bits per heavy atom. The summed E-state index contributed by atoms with van der Waals surface area (Å²) in [5.41, 5.74) is -0.0494. The summed E-state index contributed by atoms with van der Waals surface area (Å²) in [6.45, 7) is 3.42. The third-order valence-corrected chi connectivity index (χ3v) is 6.81. The molecule has 4 rings (SSSR count). The fraction of sp³-hybridized carbons (Fsp3) is 0.462. The largest absolute Gasteiger partial charge is 0.484 e. The van der Waals surface area contributed by atoms with Crippen molar-refractivity contribution in [1.82, 2.24) is 20.1 Å². The summed E-state index contributed by atoms with van der Waals surface area (Å²) in [5, 5.41) is 3.05. The van der Waals surface area contributed by atoms with Crippen molar-refractivity contribution < 1.29 is 19.1 Å². The van der Waals surface area contributed by atoms with Crippen LogP contribution in [0, 0.1) is 5.92 Å². The molecule has 180 valence electrons. The topological polar surface area (TPSA) is 91.8 Å². The monoisotopic (exact) mass is 464 g/mol. The van der Waals surface area contributed by atoms with E-state index in [2.05, 4.69) is 10.3 Å². The van der Waals surface area contributed by atoms with Gasteiger partial charge < -0.3 is 15.0 Å². The Bertz CT molecular complexity index is 992. The van der Waals surface area contributed by atoms with E-state index in [9.17, 15) is 14.4 Å². The molecule has 1 aromatic carbocycles. The first-order chi connectivity index (χ1) is 16.5. The number of aromatic nitrogens is 1. The molecule has 8 heteroatoms. The normalized spacial score (nSPS) is 21.0. The van der Waals surface area contributed by atoms with Crippen molar-refractivity contribution in [3.63, 3.8) is 0 Å². The van der Waals surface area contributed by atoms with Crippen molar-refractivity contribution in [3.8, 4) is 5.75 Å². The Balaban J connectivity index is 1.36. The van der Waals surface area contributed by atoms with Gasteiger partial charge in [-0.15, -0.1) is 0 Å². The molecule has 1 unspecified atom stereocenters. The number of carbonyl (C=O) groups excluding carboxylic acids is 3. The molecule has 0 aliphatic carbocycles. The highest BCUT2D eigenvalue weighted by Gasteiger charge is 2.55. The van der Waals surface area contributed by atoms with Gasteiger partial charge in [0.2, 0.25) is 0 Å². The molecule has 3 heterocycles. The highest BCUT2D eigenvalue weighted by molar-refractivity contribution is 6.07. The number of pyridine rings is 1. The van der Waals surface area contributed by atoms with Crippen LogP contribution in [0.3, 0.4) is 0 Å². The van der Waals surface area contributed by atoms with E-state index >= 15 is 0 Å². The summed E-state index contributed by atoms with van der Waals surface area (Å²) >= 11 is 0. The molecule has 2 saturated heterocycles. The van der Waals surface area contributed by atoms with Crippen LogP contribution in [0.15, 0.2) is 54.7 Å². The lowest BCUT2D eigenvalue weighted by Crippen LogP contribution is -2.56. The molecule has 2 fully saturated rings. The van der Waals surface area contributed by atoms with Gasteiger partial charge in [0.1, 0.15) is 11.3 Å². The smallest absolute Gasteiger partial charge is 0.325 e. The lowest BCUT2D eigenvalue weighted by molar-refractivity contribution is -0.137. The SMILES string of the molecule is CCCC1(C2CCN(C(=O)COc3ccccc3)CC2)NC(=O)N(CCc2ccccn2)C1=O. The molecule has 34 heavy (non-hydrogen) atoms. The number of ether oxygens (including phenoxy) is 1. The van der Waals surface area contributed by atoms with Crippen molar-refractivity contribution in [3.05, 3.63) is 60.4 Å². The quantitative estimate of drug-likeness (QED) is 0.576. The third kappa shape index (κ3) is 5.05. The van der Waals surface area contributed by atoms with Gasteiger partial charge in [0.15, 0.2) is 6.61 Å². The molecule has 2 aromatic rings. The molecule has 2 aliphatic heterocycles. The van der Waals surface area contributed by atoms with Crippen LogP contribution in [0.4, 0.5) is 4.79 Å². The molecule has 1 N–H and O–H groups in total. The minimum absolute atomic E-state index is 0.00819. The lowest BCUT2D eigenvalue weighted by Gasteiger charge is -2.40. The average Bonchev–Trinajstić information content (AvgIpc) is 3.12. The number of urea groups is 1. The second-order valence-corrected chi connectivity index (χ2v) is 8.94. The minimum Gasteiger partial charge on any atom is -0.484 e. The van der Waals surface area contributed by atoms with Crippen LogP contribution >= 0.6 is 0 Å². The molecular weight excluding hydrogens is 432 g/mol. The van der Waals surface area contributed by atoms with E-state index in [0.717, 1.165) is 12.1 Å². The average molecular weight is 465 g/mol. The van der Waals surface area contributed by atoms with Gasteiger partial charge in [-0.2, -0.15) is 0 Å². The van der Waals surface area contributed by atoms with Crippen molar-refractivity contribution in [2.24, 2.45) is 5.92 Å². The molecule has 1 atom stereocenters. The first-order valence-corrected chi connectivity index (χ1v) is 12.0.